The average molecular weight is 326 g/mol. The van der Waals surface area contributed by atoms with E-state index in [4.69, 9.17) is 10.7 Å². The SMILES string of the molecule is Nc1cc(NCC2C3CC4CC(C3)CC2C4)nc(N2CCCC2)c1. The highest BCUT2D eigenvalue weighted by molar-refractivity contribution is 5.59. The standard InChI is InChI=1S/C20H30N4/c21-17-10-19(23-20(11-17)24-3-1-2-4-24)22-12-18-15-6-13-5-14(8-15)9-16(18)7-13/h10-11,13-16,18H,1-9,12H2,(H3,21,22,23). The van der Waals surface area contributed by atoms with Gasteiger partial charge in [0.15, 0.2) is 0 Å². The predicted molar refractivity (Wildman–Crippen MR) is 99.1 cm³/mol. The first-order valence-corrected chi connectivity index (χ1v) is 10.0. The Kier molecular flexibility index (Phi) is 3.60. The van der Waals surface area contributed by atoms with E-state index >= 15 is 0 Å². The summed E-state index contributed by atoms with van der Waals surface area (Å²) in [6.07, 6.45) is 10.0. The third kappa shape index (κ3) is 2.64. The van der Waals surface area contributed by atoms with Crippen LogP contribution >= 0.6 is 0 Å². The first-order chi connectivity index (χ1) is 11.7. The summed E-state index contributed by atoms with van der Waals surface area (Å²) in [5.74, 6) is 6.93. The second kappa shape index (κ2) is 5.82. The zero-order valence-corrected chi connectivity index (χ0v) is 14.6. The van der Waals surface area contributed by atoms with E-state index in [0.29, 0.717) is 0 Å². The van der Waals surface area contributed by atoms with Crippen molar-refractivity contribution in [1.82, 2.24) is 4.98 Å². The molecule has 5 aliphatic rings. The largest absolute Gasteiger partial charge is 0.399 e. The van der Waals surface area contributed by atoms with Gasteiger partial charge in [-0.3, -0.25) is 0 Å². The Hall–Kier alpha value is -1.45. The van der Waals surface area contributed by atoms with Crippen LogP contribution in [-0.4, -0.2) is 24.6 Å². The normalized spacial score (nSPS) is 37.2. The average Bonchev–Trinajstić information content (AvgIpc) is 3.07. The van der Waals surface area contributed by atoms with Crippen LogP contribution in [0.3, 0.4) is 0 Å². The van der Waals surface area contributed by atoms with E-state index in [2.05, 4.69) is 10.2 Å². The molecular weight excluding hydrogens is 296 g/mol. The molecule has 0 atom stereocenters. The molecule has 0 spiro atoms. The van der Waals surface area contributed by atoms with E-state index in [0.717, 1.165) is 66.5 Å². The van der Waals surface area contributed by atoms with Gasteiger partial charge in [0.05, 0.1) is 0 Å². The van der Waals surface area contributed by atoms with Crippen molar-refractivity contribution < 1.29 is 0 Å². The maximum Gasteiger partial charge on any atom is 0.133 e. The van der Waals surface area contributed by atoms with Crippen LogP contribution < -0.4 is 16.0 Å². The fourth-order valence-corrected chi connectivity index (χ4v) is 6.33. The number of pyridine rings is 1. The Morgan fingerprint density at radius 1 is 1.00 bits per heavy atom. The Labute approximate surface area is 145 Å². The third-order valence-corrected chi connectivity index (χ3v) is 7.21. The van der Waals surface area contributed by atoms with Crippen LogP contribution in [0.15, 0.2) is 12.1 Å². The van der Waals surface area contributed by atoms with Crippen LogP contribution in [-0.2, 0) is 0 Å². The van der Waals surface area contributed by atoms with Gasteiger partial charge in [0.2, 0.25) is 0 Å². The lowest BCUT2D eigenvalue weighted by atomic mass is 9.52. The zero-order valence-electron chi connectivity index (χ0n) is 14.6. The molecule has 2 heterocycles. The summed E-state index contributed by atoms with van der Waals surface area (Å²) in [7, 11) is 0. The molecule has 0 amide bonds. The number of rotatable bonds is 4. The van der Waals surface area contributed by atoms with Gasteiger partial charge < -0.3 is 16.0 Å². The number of nitrogens with one attached hydrogen (secondary N) is 1. The van der Waals surface area contributed by atoms with Gasteiger partial charge in [-0.25, -0.2) is 4.98 Å². The number of hydrogen-bond donors (Lipinski definition) is 2. The molecule has 6 rings (SSSR count). The number of nitrogens with two attached hydrogens (primary N) is 1. The second-order valence-electron chi connectivity index (χ2n) is 8.81. The zero-order chi connectivity index (χ0) is 16.1. The van der Waals surface area contributed by atoms with E-state index in [1.807, 2.05) is 12.1 Å². The van der Waals surface area contributed by atoms with Crippen LogP contribution in [0.1, 0.15) is 44.9 Å². The molecule has 0 radical (unpaired) electrons. The predicted octanol–water partition coefficient (Wildman–Crippen LogP) is 3.75. The van der Waals surface area contributed by atoms with Crippen LogP contribution in [0, 0.1) is 29.6 Å². The second-order valence-corrected chi connectivity index (χ2v) is 8.81. The van der Waals surface area contributed by atoms with Gasteiger partial charge in [-0.15, -0.1) is 0 Å². The minimum Gasteiger partial charge on any atom is -0.399 e. The van der Waals surface area contributed by atoms with Crippen molar-refractivity contribution in [2.45, 2.75) is 44.9 Å². The van der Waals surface area contributed by atoms with Gasteiger partial charge >= 0.3 is 0 Å². The third-order valence-electron chi connectivity index (χ3n) is 7.21. The van der Waals surface area contributed by atoms with E-state index in [9.17, 15) is 0 Å². The molecule has 130 valence electrons. The Balaban J connectivity index is 1.28. The fourth-order valence-electron chi connectivity index (χ4n) is 6.33. The van der Waals surface area contributed by atoms with Crippen molar-refractivity contribution in [2.75, 3.05) is 35.6 Å². The van der Waals surface area contributed by atoms with Crippen molar-refractivity contribution in [3.8, 4) is 0 Å². The summed E-state index contributed by atoms with van der Waals surface area (Å²) in [5, 5.41) is 3.66. The number of nitrogens with zero attached hydrogens (tertiary/aromatic N) is 2. The maximum atomic E-state index is 6.15. The molecule has 0 unspecified atom stereocenters. The molecule has 1 aromatic rings. The number of anilines is 3. The van der Waals surface area contributed by atoms with Gasteiger partial charge in [0, 0.05) is 37.5 Å². The summed E-state index contributed by atoms with van der Waals surface area (Å²) in [5.41, 5.74) is 6.98. The minimum atomic E-state index is 0.833. The molecule has 1 aromatic heterocycles. The van der Waals surface area contributed by atoms with Crippen LogP contribution in [0.2, 0.25) is 0 Å². The number of nitrogen functional groups attached to an aromatic ring is 1. The van der Waals surface area contributed by atoms with Crippen molar-refractivity contribution in [2.24, 2.45) is 29.6 Å². The first-order valence-electron chi connectivity index (χ1n) is 10.0. The van der Waals surface area contributed by atoms with E-state index < -0.39 is 0 Å². The fraction of sp³-hybridized carbons (Fsp3) is 0.750. The summed E-state index contributed by atoms with van der Waals surface area (Å²) in [6.45, 7) is 3.32. The highest BCUT2D eigenvalue weighted by atomic mass is 15.2. The van der Waals surface area contributed by atoms with Crippen molar-refractivity contribution in [3.63, 3.8) is 0 Å². The maximum absolute atomic E-state index is 6.15. The van der Waals surface area contributed by atoms with Gasteiger partial charge in [0.1, 0.15) is 11.6 Å². The van der Waals surface area contributed by atoms with Crippen LogP contribution in [0.25, 0.3) is 0 Å². The molecule has 1 aliphatic heterocycles. The molecule has 1 saturated heterocycles. The summed E-state index contributed by atoms with van der Waals surface area (Å²) in [6, 6.07) is 4.04. The highest BCUT2D eigenvalue weighted by Crippen LogP contribution is 2.56. The van der Waals surface area contributed by atoms with Crippen molar-refractivity contribution in [1.29, 1.82) is 0 Å². The lowest BCUT2D eigenvalue weighted by molar-refractivity contribution is -0.0305. The Morgan fingerprint density at radius 3 is 2.33 bits per heavy atom. The van der Waals surface area contributed by atoms with Gasteiger partial charge in [-0.2, -0.15) is 0 Å². The molecule has 3 N–H and O–H groups in total. The molecule has 24 heavy (non-hydrogen) atoms. The lowest BCUT2D eigenvalue weighted by Crippen LogP contribution is -2.47. The molecule has 4 bridgehead atoms. The van der Waals surface area contributed by atoms with Crippen LogP contribution in [0.4, 0.5) is 17.3 Å². The first kappa shape index (κ1) is 14.9. The Bertz CT molecular complexity index is 580. The molecule has 4 heteroatoms. The summed E-state index contributed by atoms with van der Waals surface area (Å²) < 4.78 is 0. The molecule has 0 aromatic carbocycles. The van der Waals surface area contributed by atoms with Crippen molar-refractivity contribution >= 4 is 17.3 Å². The van der Waals surface area contributed by atoms with E-state index in [-0.39, 0.29) is 0 Å². The number of hydrogen-bond acceptors (Lipinski definition) is 4. The van der Waals surface area contributed by atoms with Gasteiger partial charge in [-0.1, -0.05) is 0 Å². The minimum absolute atomic E-state index is 0.833. The van der Waals surface area contributed by atoms with Gasteiger partial charge in [-0.05, 0) is 74.5 Å². The summed E-state index contributed by atoms with van der Waals surface area (Å²) >= 11 is 0. The quantitative estimate of drug-likeness (QED) is 0.885. The topological polar surface area (TPSA) is 54.2 Å². The Morgan fingerprint density at radius 2 is 1.67 bits per heavy atom. The monoisotopic (exact) mass is 326 g/mol. The molecule has 5 fully saturated rings. The molecular formula is C20H30N4. The smallest absolute Gasteiger partial charge is 0.133 e. The highest BCUT2D eigenvalue weighted by Gasteiger charge is 2.47. The molecule has 4 nitrogen and oxygen atoms in total. The summed E-state index contributed by atoms with van der Waals surface area (Å²) in [4.78, 5) is 7.22. The van der Waals surface area contributed by atoms with E-state index in [1.54, 1.807) is 0 Å². The lowest BCUT2D eigenvalue weighted by Gasteiger charge is -2.54. The van der Waals surface area contributed by atoms with Gasteiger partial charge in [0.25, 0.3) is 0 Å². The van der Waals surface area contributed by atoms with Crippen molar-refractivity contribution in [3.05, 3.63) is 12.1 Å². The van der Waals surface area contributed by atoms with Crippen LogP contribution in [0.5, 0.6) is 0 Å². The molecule has 4 aliphatic carbocycles. The van der Waals surface area contributed by atoms with E-state index in [1.165, 1.54) is 44.9 Å². The molecule has 4 saturated carbocycles. The number of aromatic nitrogens is 1.